The number of hydrogen-bond donors (Lipinski definition) is 2. The van der Waals surface area contributed by atoms with Crippen molar-refractivity contribution in [1.82, 2.24) is 0 Å². The van der Waals surface area contributed by atoms with Crippen molar-refractivity contribution in [1.29, 1.82) is 0 Å². The number of phenolic OH excluding ortho intramolecular Hbond substituents is 1. The summed E-state index contributed by atoms with van der Waals surface area (Å²) in [5.41, 5.74) is 2.84. The summed E-state index contributed by atoms with van der Waals surface area (Å²) in [5, 5.41) is 18.6. The van der Waals surface area contributed by atoms with Gasteiger partial charge in [-0.15, -0.1) is 0 Å². The fourth-order valence-electron chi connectivity index (χ4n) is 1.47. The molecule has 1 aromatic rings. The Hall–Kier alpha value is -0.730. The van der Waals surface area contributed by atoms with Gasteiger partial charge in [-0.05, 0) is 43.0 Å². The molecule has 0 aliphatic rings. The average molecular weight is 201 g/mol. The van der Waals surface area contributed by atoms with E-state index >= 15 is 0 Å². The highest BCUT2D eigenvalue weighted by atomic mass is 35.5. The molecule has 0 unspecified atom stereocenters. The Morgan fingerprint density at radius 1 is 1.38 bits per heavy atom. The Morgan fingerprint density at radius 3 is 2.54 bits per heavy atom. The maximum Gasteiger partial charge on any atom is 0.134 e. The van der Waals surface area contributed by atoms with Crippen molar-refractivity contribution in [2.45, 2.75) is 20.3 Å². The molecule has 0 saturated heterocycles. The summed E-state index contributed by atoms with van der Waals surface area (Å²) < 4.78 is 0. The minimum atomic E-state index is 0.1000. The van der Waals surface area contributed by atoms with Gasteiger partial charge < -0.3 is 10.2 Å². The second-order valence-electron chi connectivity index (χ2n) is 3.10. The summed E-state index contributed by atoms with van der Waals surface area (Å²) >= 11 is 5.86. The fourth-order valence-corrected chi connectivity index (χ4v) is 1.64. The van der Waals surface area contributed by atoms with Crippen molar-refractivity contribution < 1.29 is 10.2 Å². The lowest BCUT2D eigenvalue weighted by Gasteiger charge is -2.11. The van der Waals surface area contributed by atoms with E-state index in [0.29, 0.717) is 11.4 Å². The fraction of sp³-hybridized carbons (Fsp3) is 0.400. The largest absolute Gasteiger partial charge is 0.506 e. The molecule has 0 aliphatic heterocycles. The molecule has 72 valence electrons. The van der Waals surface area contributed by atoms with Crippen LogP contribution in [-0.4, -0.2) is 16.8 Å². The molecule has 0 heterocycles. The van der Waals surface area contributed by atoms with Crippen LogP contribution in [0.4, 0.5) is 0 Å². The van der Waals surface area contributed by atoms with E-state index < -0.39 is 0 Å². The van der Waals surface area contributed by atoms with Crippen LogP contribution in [0.25, 0.3) is 0 Å². The van der Waals surface area contributed by atoms with Crippen LogP contribution in [0.2, 0.25) is 5.02 Å². The number of aromatic hydroxyl groups is 1. The molecule has 0 amide bonds. The van der Waals surface area contributed by atoms with E-state index in [2.05, 4.69) is 0 Å². The van der Waals surface area contributed by atoms with Crippen LogP contribution >= 0.6 is 11.6 Å². The van der Waals surface area contributed by atoms with Gasteiger partial charge in [0.25, 0.3) is 0 Å². The highest BCUT2D eigenvalue weighted by Gasteiger charge is 2.09. The van der Waals surface area contributed by atoms with Gasteiger partial charge in [0.2, 0.25) is 0 Å². The van der Waals surface area contributed by atoms with Crippen molar-refractivity contribution in [2.24, 2.45) is 0 Å². The zero-order valence-corrected chi connectivity index (χ0v) is 8.52. The van der Waals surface area contributed by atoms with Gasteiger partial charge in [-0.2, -0.15) is 0 Å². The van der Waals surface area contributed by atoms with Gasteiger partial charge in [-0.25, -0.2) is 0 Å². The van der Waals surface area contributed by atoms with E-state index in [0.717, 1.165) is 16.7 Å². The molecule has 0 radical (unpaired) electrons. The molecule has 2 nitrogen and oxygen atoms in total. The SMILES string of the molecule is Cc1cc(O)c(Cl)c(C)c1CCO. The van der Waals surface area contributed by atoms with Crippen LogP contribution < -0.4 is 0 Å². The summed E-state index contributed by atoms with van der Waals surface area (Å²) in [6, 6.07) is 1.63. The Labute approximate surface area is 82.8 Å². The standard InChI is InChI=1S/C10H13ClO2/c1-6-5-9(13)10(11)7(2)8(6)3-4-12/h5,12-13H,3-4H2,1-2H3. The average Bonchev–Trinajstić information content (AvgIpc) is 2.09. The first-order valence-corrected chi connectivity index (χ1v) is 4.54. The zero-order valence-electron chi connectivity index (χ0n) is 7.76. The van der Waals surface area contributed by atoms with Gasteiger partial charge in [-0.1, -0.05) is 11.6 Å². The number of hydrogen-bond acceptors (Lipinski definition) is 2. The Bertz CT molecular complexity index is 321. The molecule has 3 heteroatoms. The molecule has 1 aromatic carbocycles. The quantitative estimate of drug-likeness (QED) is 0.769. The van der Waals surface area contributed by atoms with Crippen LogP contribution in [0, 0.1) is 13.8 Å². The number of phenols is 1. The van der Waals surface area contributed by atoms with Crippen molar-refractivity contribution in [3.05, 3.63) is 27.8 Å². The predicted octanol–water partition coefficient (Wildman–Crippen LogP) is 2.20. The van der Waals surface area contributed by atoms with Gasteiger partial charge in [0.15, 0.2) is 0 Å². The molecule has 13 heavy (non-hydrogen) atoms. The second kappa shape index (κ2) is 3.99. The van der Waals surface area contributed by atoms with Gasteiger partial charge in [0.05, 0.1) is 5.02 Å². The van der Waals surface area contributed by atoms with E-state index in [1.807, 2.05) is 13.8 Å². The topological polar surface area (TPSA) is 40.5 Å². The third kappa shape index (κ3) is 1.95. The van der Waals surface area contributed by atoms with Crippen LogP contribution in [0.1, 0.15) is 16.7 Å². The van der Waals surface area contributed by atoms with Crippen molar-refractivity contribution in [3.8, 4) is 5.75 Å². The van der Waals surface area contributed by atoms with E-state index in [4.69, 9.17) is 16.7 Å². The Balaban J connectivity index is 3.26. The molecule has 1 rings (SSSR count). The molecule has 0 bridgehead atoms. The summed E-state index contributed by atoms with van der Waals surface area (Å²) in [5.74, 6) is 0.110. The van der Waals surface area contributed by atoms with Crippen molar-refractivity contribution in [3.63, 3.8) is 0 Å². The van der Waals surface area contributed by atoms with Crippen LogP contribution in [0.3, 0.4) is 0 Å². The maximum absolute atomic E-state index is 9.38. The lowest BCUT2D eigenvalue weighted by atomic mass is 10.00. The highest BCUT2D eigenvalue weighted by molar-refractivity contribution is 6.32. The number of aryl methyl sites for hydroxylation is 1. The smallest absolute Gasteiger partial charge is 0.134 e. The normalized spacial score (nSPS) is 10.5. The minimum Gasteiger partial charge on any atom is -0.506 e. The second-order valence-corrected chi connectivity index (χ2v) is 3.48. The molecule has 2 N–H and O–H groups in total. The molecule has 0 spiro atoms. The summed E-state index contributed by atoms with van der Waals surface area (Å²) in [6.45, 7) is 3.84. The Morgan fingerprint density at radius 2 is 2.00 bits per heavy atom. The first-order valence-electron chi connectivity index (χ1n) is 4.16. The third-order valence-electron chi connectivity index (χ3n) is 2.20. The van der Waals surface area contributed by atoms with Gasteiger partial charge in [-0.3, -0.25) is 0 Å². The van der Waals surface area contributed by atoms with Crippen molar-refractivity contribution >= 4 is 11.6 Å². The lowest BCUT2D eigenvalue weighted by molar-refractivity contribution is 0.299. The van der Waals surface area contributed by atoms with Crippen molar-refractivity contribution in [2.75, 3.05) is 6.61 Å². The molecular weight excluding hydrogens is 188 g/mol. The molecule has 0 aliphatic carbocycles. The molecule has 0 fully saturated rings. The lowest BCUT2D eigenvalue weighted by Crippen LogP contribution is -1.98. The van der Waals surface area contributed by atoms with E-state index in [-0.39, 0.29) is 12.4 Å². The van der Waals surface area contributed by atoms with Gasteiger partial charge in [0.1, 0.15) is 5.75 Å². The monoisotopic (exact) mass is 200 g/mol. The van der Waals surface area contributed by atoms with E-state index in [1.165, 1.54) is 0 Å². The minimum absolute atomic E-state index is 0.1000. The number of aliphatic hydroxyl groups excluding tert-OH is 1. The molecule has 0 saturated carbocycles. The molecule has 0 aromatic heterocycles. The van der Waals surface area contributed by atoms with Crippen LogP contribution in [0.5, 0.6) is 5.75 Å². The highest BCUT2D eigenvalue weighted by Crippen LogP contribution is 2.31. The van der Waals surface area contributed by atoms with E-state index in [1.54, 1.807) is 6.07 Å². The molecular formula is C10H13ClO2. The number of benzene rings is 1. The summed E-state index contributed by atoms with van der Waals surface area (Å²) in [6.07, 6.45) is 0.581. The van der Waals surface area contributed by atoms with Gasteiger partial charge in [0, 0.05) is 6.61 Å². The summed E-state index contributed by atoms with van der Waals surface area (Å²) in [4.78, 5) is 0. The van der Waals surface area contributed by atoms with E-state index in [9.17, 15) is 5.11 Å². The third-order valence-corrected chi connectivity index (χ3v) is 2.67. The molecule has 0 atom stereocenters. The summed E-state index contributed by atoms with van der Waals surface area (Å²) in [7, 11) is 0. The number of halogens is 1. The van der Waals surface area contributed by atoms with Gasteiger partial charge >= 0.3 is 0 Å². The van der Waals surface area contributed by atoms with Crippen LogP contribution in [0.15, 0.2) is 6.07 Å². The Kier molecular flexibility index (Phi) is 3.17. The maximum atomic E-state index is 9.38. The number of rotatable bonds is 2. The first kappa shape index (κ1) is 10.4. The van der Waals surface area contributed by atoms with Crippen LogP contribution in [-0.2, 0) is 6.42 Å². The predicted molar refractivity (Wildman–Crippen MR) is 53.4 cm³/mol. The number of aliphatic hydroxyl groups is 1. The zero-order chi connectivity index (χ0) is 10.0. The first-order chi connectivity index (χ1) is 6.07.